The maximum Gasteiger partial charge on any atom is 0.326 e. The molecule has 30 heavy (non-hydrogen) atoms. The van der Waals surface area contributed by atoms with E-state index in [-0.39, 0.29) is 18.1 Å². The highest BCUT2D eigenvalue weighted by Gasteiger charge is 2.32. The van der Waals surface area contributed by atoms with Gasteiger partial charge in [0.2, 0.25) is 17.7 Å². The third-order valence-corrected chi connectivity index (χ3v) is 4.68. The lowest BCUT2D eigenvalue weighted by molar-refractivity contribution is -0.144. The second-order valence-electron chi connectivity index (χ2n) is 7.58. The van der Waals surface area contributed by atoms with E-state index in [9.17, 15) is 29.1 Å². The van der Waals surface area contributed by atoms with Crippen molar-refractivity contribution >= 4 is 42.3 Å². The minimum Gasteiger partial charge on any atom is -0.481 e. The third-order valence-electron chi connectivity index (χ3n) is 4.29. The zero-order chi connectivity index (χ0) is 23.6. The Balaban J connectivity index is 5.47. The Bertz CT molecular complexity index is 642. The second-order valence-corrected chi connectivity index (χ2v) is 7.95. The lowest BCUT2D eigenvalue weighted by Gasteiger charge is -2.27. The van der Waals surface area contributed by atoms with Crippen LogP contribution in [0.4, 0.5) is 0 Å². The van der Waals surface area contributed by atoms with Gasteiger partial charge in [0, 0.05) is 12.2 Å². The Morgan fingerprint density at radius 3 is 1.73 bits per heavy atom. The number of amides is 3. The number of hydrogen-bond donors (Lipinski definition) is 7. The molecule has 0 aliphatic heterocycles. The predicted octanol–water partition coefficient (Wildman–Crippen LogP) is -1.04. The summed E-state index contributed by atoms with van der Waals surface area (Å²) < 4.78 is 0. The molecular formula is C18H32N4O7S. The Labute approximate surface area is 180 Å². The summed E-state index contributed by atoms with van der Waals surface area (Å²) in [6.45, 7) is 6.53. The molecule has 0 aliphatic rings. The quantitative estimate of drug-likeness (QED) is 0.174. The molecule has 0 aromatic rings. The van der Waals surface area contributed by atoms with E-state index < -0.39 is 66.2 Å². The number of aliphatic carboxylic acids is 2. The van der Waals surface area contributed by atoms with Gasteiger partial charge in [-0.1, -0.05) is 27.7 Å². The largest absolute Gasteiger partial charge is 0.481 e. The van der Waals surface area contributed by atoms with E-state index >= 15 is 0 Å². The van der Waals surface area contributed by atoms with Crippen molar-refractivity contribution in [2.24, 2.45) is 17.6 Å². The summed E-state index contributed by atoms with van der Waals surface area (Å²) in [6, 6.07) is -4.48. The first-order valence-corrected chi connectivity index (χ1v) is 10.2. The molecule has 0 spiro atoms. The van der Waals surface area contributed by atoms with Gasteiger partial charge in [0.05, 0.1) is 6.04 Å². The van der Waals surface area contributed by atoms with Gasteiger partial charge in [-0.3, -0.25) is 19.2 Å². The Kier molecular flexibility index (Phi) is 12.0. The smallest absolute Gasteiger partial charge is 0.326 e. The van der Waals surface area contributed by atoms with Crippen LogP contribution in [0.15, 0.2) is 0 Å². The summed E-state index contributed by atoms with van der Waals surface area (Å²) in [5.74, 6) is -5.33. The minimum absolute atomic E-state index is 0.0632. The van der Waals surface area contributed by atoms with Crippen molar-refractivity contribution in [3.63, 3.8) is 0 Å². The van der Waals surface area contributed by atoms with Crippen molar-refractivity contribution in [1.82, 2.24) is 16.0 Å². The van der Waals surface area contributed by atoms with Gasteiger partial charge in [0.1, 0.15) is 18.1 Å². The fraction of sp³-hybridized carbons (Fsp3) is 0.722. The van der Waals surface area contributed by atoms with Crippen LogP contribution in [0.1, 0.15) is 40.5 Å². The molecule has 7 N–H and O–H groups in total. The number of nitrogens with one attached hydrogen (secondary N) is 3. The standard InChI is InChI=1S/C18H32N4O7S/c1-8(2)13(21-15(25)10(19)7-30)17(27)20-11(5-6-12(23)24)16(26)22-14(9(3)4)18(28)29/h8-11,13-14,30H,5-7,19H2,1-4H3,(H,20,27)(H,21,25)(H,22,26)(H,23,24)(H,28,29). The maximum atomic E-state index is 12.7. The fourth-order valence-corrected chi connectivity index (χ4v) is 2.61. The van der Waals surface area contributed by atoms with Gasteiger partial charge >= 0.3 is 11.9 Å². The molecule has 0 saturated carbocycles. The van der Waals surface area contributed by atoms with Crippen molar-refractivity contribution in [3.8, 4) is 0 Å². The molecule has 0 fully saturated rings. The van der Waals surface area contributed by atoms with Gasteiger partial charge in [0.15, 0.2) is 0 Å². The molecular weight excluding hydrogens is 416 g/mol. The lowest BCUT2D eigenvalue weighted by Crippen LogP contribution is -2.59. The van der Waals surface area contributed by atoms with Gasteiger partial charge in [-0.25, -0.2) is 4.79 Å². The van der Waals surface area contributed by atoms with Crippen LogP contribution in [-0.4, -0.2) is 69.8 Å². The average Bonchev–Trinajstić information content (AvgIpc) is 2.64. The number of nitrogens with two attached hydrogens (primary N) is 1. The summed E-state index contributed by atoms with van der Waals surface area (Å²) in [7, 11) is 0. The zero-order valence-corrected chi connectivity index (χ0v) is 18.4. The highest BCUT2D eigenvalue weighted by atomic mass is 32.1. The molecule has 4 unspecified atom stereocenters. The summed E-state index contributed by atoms with van der Waals surface area (Å²) in [6.07, 6.45) is -0.687. The van der Waals surface area contributed by atoms with Crippen LogP contribution in [-0.2, 0) is 24.0 Å². The van der Waals surface area contributed by atoms with Gasteiger partial charge in [0.25, 0.3) is 0 Å². The Morgan fingerprint density at radius 2 is 1.33 bits per heavy atom. The van der Waals surface area contributed by atoms with Crippen LogP contribution in [0.3, 0.4) is 0 Å². The lowest BCUT2D eigenvalue weighted by atomic mass is 10.0. The summed E-state index contributed by atoms with van der Waals surface area (Å²) in [4.78, 5) is 59.6. The van der Waals surface area contributed by atoms with E-state index in [1.165, 1.54) is 0 Å². The molecule has 0 rings (SSSR count). The van der Waals surface area contributed by atoms with Crippen LogP contribution in [0, 0.1) is 11.8 Å². The molecule has 12 heteroatoms. The summed E-state index contributed by atoms with van der Waals surface area (Å²) in [5, 5.41) is 25.4. The van der Waals surface area contributed by atoms with Crippen molar-refractivity contribution in [2.45, 2.75) is 64.7 Å². The summed E-state index contributed by atoms with van der Waals surface area (Å²) >= 11 is 3.93. The first-order valence-electron chi connectivity index (χ1n) is 9.53. The van der Waals surface area contributed by atoms with Crippen LogP contribution >= 0.6 is 12.6 Å². The van der Waals surface area contributed by atoms with Crippen molar-refractivity contribution in [1.29, 1.82) is 0 Å². The van der Waals surface area contributed by atoms with E-state index in [1.54, 1.807) is 27.7 Å². The zero-order valence-electron chi connectivity index (χ0n) is 17.5. The first kappa shape index (κ1) is 27.7. The number of carboxylic acids is 2. The van der Waals surface area contributed by atoms with Crippen molar-refractivity contribution < 1.29 is 34.2 Å². The molecule has 0 bridgehead atoms. The van der Waals surface area contributed by atoms with Gasteiger partial charge in [-0.2, -0.15) is 12.6 Å². The highest BCUT2D eigenvalue weighted by molar-refractivity contribution is 7.80. The number of rotatable bonds is 13. The molecule has 0 aliphatic carbocycles. The van der Waals surface area contributed by atoms with E-state index in [2.05, 4.69) is 28.6 Å². The Hall–Kier alpha value is -2.34. The fourth-order valence-electron chi connectivity index (χ4n) is 2.44. The monoisotopic (exact) mass is 448 g/mol. The van der Waals surface area contributed by atoms with Gasteiger partial charge in [-0.05, 0) is 18.3 Å². The SMILES string of the molecule is CC(C)C(NC(=O)C(CCC(=O)O)NC(=O)C(NC(=O)C(N)CS)C(C)C)C(=O)O. The van der Waals surface area contributed by atoms with Crippen LogP contribution in [0.2, 0.25) is 0 Å². The van der Waals surface area contributed by atoms with Crippen LogP contribution in [0.25, 0.3) is 0 Å². The van der Waals surface area contributed by atoms with E-state index in [4.69, 9.17) is 10.8 Å². The summed E-state index contributed by atoms with van der Waals surface area (Å²) in [5.41, 5.74) is 5.60. The molecule has 0 aromatic carbocycles. The molecule has 0 heterocycles. The van der Waals surface area contributed by atoms with E-state index in [1.807, 2.05) is 0 Å². The number of hydrogen-bond acceptors (Lipinski definition) is 7. The van der Waals surface area contributed by atoms with Gasteiger partial charge < -0.3 is 31.9 Å². The molecule has 4 atom stereocenters. The molecule has 11 nitrogen and oxygen atoms in total. The predicted molar refractivity (Wildman–Crippen MR) is 112 cm³/mol. The van der Waals surface area contributed by atoms with E-state index in [0.717, 1.165) is 0 Å². The van der Waals surface area contributed by atoms with Crippen molar-refractivity contribution in [2.75, 3.05) is 5.75 Å². The molecule has 0 radical (unpaired) electrons. The normalized spacial score (nSPS) is 15.1. The minimum atomic E-state index is -1.30. The molecule has 3 amide bonds. The number of carboxylic acid groups (broad SMARTS) is 2. The second kappa shape index (κ2) is 13.1. The number of carbonyl (C=O) groups excluding carboxylic acids is 3. The number of thiol groups is 1. The third kappa shape index (κ3) is 9.44. The van der Waals surface area contributed by atoms with Crippen LogP contribution < -0.4 is 21.7 Å². The molecule has 0 saturated heterocycles. The maximum absolute atomic E-state index is 12.7. The molecule has 0 aromatic heterocycles. The highest BCUT2D eigenvalue weighted by Crippen LogP contribution is 2.08. The average molecular weight is 449 g/mol. The van der Waals surface area contributed by atoms with Gasteiger partial charge in [-0.15, -0.1) is 0 Å². The Morgan fingerprint density at radius 1 is 0.833 bits per heavy atom. The first-order chi connectivity index (χ1) is 13.8. The van der Waals surface area contributed by atoms with E-state index in [0.29, 0.717) is 0 Å². The van der Waals surface area contributed by atoms with Crippen molar-refractivity contribution in [3.05, 3.63) is 0 Å². The molecule has 172 valence electrons. The number of carbonyl (C=O) groups is 5. The van der Waals surface area contributed by atoms with Crippen LogP contribution in [0.5, 0.6) is 0 Å². The topological polar surface area (TPSA) is 188 Å².